The molecule has 5 nitrogen and oxygen atoms in total. The first-order valence-electron chi connectivity index (χ1n) is 9.79. The second-order valence-corrected chi connectivity index (χ2v) is 8.38. The number of fused-ring (bicyclic) bond motifs is 1. The van der Waals surface area contributed by atoms with Gasteiger partial charge in [0.25, 0.3) is 0 Å². The topological polar surface area (TPSA) is 59.3 Å². The molecule has 1 aliphatic rings. The highest BCUT2D eigenvalue weighted by Gasteiger charge is 2.35. The van der Waals surface area contributed by atoms with E-state index in [4.69, 9.17) is 4.74 Å². The lowest BCUT2D eigenvalue weighted by molar-refractivity contribution is 0.252. The van der Waals surface area contributed by atoms with E-state index in [9.17, 15) is 9.50 Å². The molecule has 2 aromatic carbocycles. The standard InChI is InChI=1S/C23H26FN3O2/c1-23(2)11-19(25-13-15-5-4-6-21(29-3)22(15)28)18-14-26-27(20(18)12-23)17-9-7-16(24)8-10-17/h4-10,14,19,25,28H,11-13H2,1-3H3. The van der Waals surface area contributed by atoms with Gasteiger partial charge in [-0.1, -0.05) is 26.0 Å². The number of hydrogen-bond donors (Lipinski definition) is 2. The first kappa shape index (κ1) is 19.5. The van der Waals surface area contributed by atoms with Crippen LogP contribution in [0.25, 0.3) is 5.69 Å². The molecule has 1 atom stereocenters. The molecule has 0 fully saturated rings. The fourth-order valence-electron chi connectivity index (χ4n) is 4.14. The minimum Gasteiger partial charge on any atom is -0.504 e. The summed E-state index contributed by atoms with van der Waals surface area (Å²) in [5.41, 5.74) is 4.02. The van der Waals surface area contributed by atoms with Crippen molar-refractivity contribution in [1.29, 1.82) is 0 Å². The molecule has 1 heterocycles. The Morgan fingerprint density at radius 2 is 2.00 bits per heavy atom. The predicted octanol–water partition coefficient (Wildman–Crippen LogP) is 4.53. The highest BCUT2D eigenvalue weighted by atomic mass is 19.1. The van der Waals surface area contributed by atoms with Crippen molar-refractivity contribution in [3.05, 3.63) is 71.3 Å². The molecule has 0 bridgehead atoms. The average molecular weight is 395 g/mol. The van der Waals surface area contributed by atoms with Crippen molar-refractivity contribution in [2.75, 3.05) is 7.11 Å². The highest BCUT2D eigenvalue weighted by Crippen LogP contribution is 2.41. The van der Waals surface area contributed by atoms with Crippen LogP contribution in [0.1, 0.15) is 43.1 Å². The van der Waals surface area contributed by atoms with Gasteiger partial charge in [-0.2, -0.15) is 5.10 Å². The zero-order valence-corrected chi connectivity index (χ0v) is 16.9. The van der Waals surface area contributed by atoms with E-state index in [1.807, 2.05) is 23.0 Å². The summed E-state index contributed by atoms with van der Waals surface area (Å²) in [6.45, 7) is 5.01. The second-order valence-electron chi connectivity index (χ2n) is 8.38. The monoisotopic (exact) mass is 395 g/mol. The maximum absolute atomic E-state index is 13.3. The van der Waals surface area contributed by atoms with Crippen LogP contribution in [0.15, 0.2) is 48.7 Å². The van der Waals surface area contributed by atoms with Crippen LogP contribution in [-0.2, 0) is 13.0 Å². The van der Waals surface area contributed by atoms with Crippen LogP contribution in [0.3, 0.4) is 0 Å². The number of methoxy groups -OCH3 is 1. The van der Waals surface area contributed by atoms with E-state index >= 15 is 0 Å². The molecule has 6 heteroatoms. The van der Waals surface area contributed by atoms with Gasteiger partial charge in [-0.25, -0.2) is 9.07 Å². The molecule has 1 unspecified atom stereocenters. The molecule has 0 radical (unpaired) electrons. The Bertz CT molecular complexity index is 1010. The molecule has 0 saturated carbocycles. The normalized spacial score (nSPS) is 17.7. The maximum atomic E-state index is 13.3. The fraction of sp³-hybridized carbons (Fsp3) is 0.348. The number of phenolic OH excluding ortho intramolecular Hbond substituents is 1. The SMILES string of the molecule is COc1cccc(CNC2CC(C)(C)Cc3c2cnn3-c2ccc(F)cc2)c1O. The predicted molar refractivity (Wildman–Crippen MR) is 110 cm³/mol. The molecule has 29 heavy (non-hydrogen) atoms. The van der Waals surface area contributed by atoms with Crippen molar-refractivity contribution in [2.24, 2.45) is 5.41 Å². The van der Waals surface area contributed by atoms with Crippen molar-refractivity contribution in [1.82, 2.24) is 15.1 Å². The molecule has 3 aromatic rings. The van der Waals surface area contributed by atoms with Crippen molar-refractivity contribution in [3.63, 3.8) is 0 Å². The summed E-state index contributed by atoms with van der Waals surface area (Å²) in [7, 11) is 1.55. The Kier molecular flexibility index (Phi) is 5.04. The largest absolute Gasteiger partial charge is 0.504 e. The Morgan fingerprint density at radius 1 is 1.24 bits per heavy atom. The van der Waals surface area contributed by atoms with E-state index in [0.717, 1.165) is 35.3 Å². The third-order valence-corrected chi connectivity index (χ3v) is 5.59. The Morgan fingerprint density at radius 3 is 2.72 bits per heavy atom. The van der Waals surface area contributed by atoms with Crippen LogP contribution in [0.2, 0.25) is 0 Å². The summed E-state index contributed by atoms with van der Waals surface area (Å²) >= 11 is 0. The molecule has 1 aromatic heterocycles. The second kappa shape index (κ2) is 7.52. The number of hydrogen-bond acceptors (Lipinski definition) is 4. The number of halogens is 1. The lowest BCUT2D eigenvalue weighted by Gasteiger charge is -2.36. The molecular formula is C23H26FN3O2. The summed E-state index contributed by atoms with van der Waals surface area (Å²) in [6, 6.07) is 12.0. The van der Waals surface area contributed by atoms with Crippen LogP contribution in [0.4, 0.5) is 4.39 Å². The Hall–Kier alpha value is -2.86. The zero-order valence-electron chi connectivity index (χ0n) is 16.9. The Balaban J connectivity index is 1.62. The van der Waals surface area contributed by atoms with Crippen LogP contribution in [-0.4, -0.2) is 22.0 Å². The lowest BCUT2D eigenvalue weighted by Crippen LogP contribution is -2.33. The third kappa shape index (κ3) is 3.85. The van der Waals surface area contributed by atoms with Gasteiger partial charge >= 0.3 is 0 Å². The smallest absolute Gasteiger partial charge is 0.162 e. The minimum absolute atomic E-state index is 0.0822. The molecule has 0 saturated heterocycles. The van der Waals surface area contributed by atoms with Gasteiger partial charge in [0.2, 0.25) is 0 Å². The minimum atomic E-state index is -0.257. The molecule has 0 aliphatic heterocycles. The van der Waals surface area contributed by atoms with Crippen LogP contribution >= 0.6 is 0 Å². The van der Waals surface area contributed by atoms with Gasteiger partial charge in [0.15, 0.2) is 11.5 Å². The van der Waals surface area contributed by atoms with E-state index in [1.165, 1.54) is 12.1 Å². The number of aromatic hydroxyl groups is 1. The van der Waals surface area contributed by atoms with Crippen molar-refractivity contribution < 1.29 is 14.2 Å². The number of nitrogens with one attached hydrogen (secondary N) is 1. The summed E-state index contributed by atoms with van der Waals surface area (Å²) in [5, 5.41) is 18.6. The fourth-order valence-corrected chi connectivity index (χ4v) is 4.14. The van der Waals surface area contributed by atoms with Crippen LogP contribution < -0.4 is 10.1 Å². The highest BCUT2D eigenvalue weighted by molar-refractivity contribution is 5.45. The quantitative estimate of drug-likeness (QED) is 0.666. The third-order valence-electron chi connectivity index (χ3n) is 5.59. The lowest BCUT2D eigenvalue weighted by atomic mass is 9.74. The first-order valence-corrected chi connectivity index (χ1v) is 9.79. The van der Waals surface area contributed by atoms with E-state index < -0.39 is 0 Å². The summed E-state index contributed by atoms with van der Waals surface area (Å²) in [6.07, 6.45) is 3.75. The van der Waals surface area contributed by atoms with Gasteiger partial charge in [-0.3, -0.25) is 0 Å². The molecular weight excluding hydrogens is 369 g/mol. The van der Waals surface area contributed by atoms with Gasteiger partial charge in [-0.15, -0.1) is 0 Å². The zero-order chi connectivity index (χ0) is 20.6. The number of para-hydroxylation sites is 1. The molecule has 4 rings (SSSR count). The number of ether oxygens (including phenoxy) is 1. The molecule has 0 amide bonds. The van der Waals surface area contributed by atoms with Crippen molar-refractivity contribution in [3.8, 4) is 17.2 Å². The number of benzene rings is 2. The van der Waals surface area contributed by atoms with Gasteiger partial charge in [0.05, 0.1) is 19.0 Å². The number of nitrogens with zero attached hydrogens (tertiary/aromatic N) is 2. The summed E-state index contributed by atoms with van der Waals surface area (Å²) in [4.78, 5) is 0. The van der Waals surface area contributed by atoms with E-state index in [-0.39, 0.29) is 23.0 Å². The molecule has 2 N–H and O–H groups in total. The van der Waals surface area contributed by atoms with E-state index in [0.29, 0.717) is 12.3 Å². The average Bonchev–Trinajstić information content (AvgIpc) is 3.10. The van der Waals surface area contributed by atoms with Gasteiger partial charge in [0, 0.05) is 29.4 Å². The number of phenols is 1. The van der Waals surface area contributed by atoms with Crippen LogP contribution in [0.5, 0.6) is 11.5 Å². The van der Waals surface area contributed by atoms with Crippen LogP contribution in [0, 0.1) is 11.2 Å². The van der Waals surface area contributed by atoms with E-state index in [2.05, 4.69) is 24.3 Å². The van der Waals surface area contributed by atoms with Gasteiger partial charge < -0.3 is 15.2 Å². The molecule has 0 spiro atoms. The van der Waals surface area contributed by atoms with Crippen molar-refractivity contribution in [2.45, 2.75) is 39.3 Å². The van der Waals surface area contributed by atoms with E-state index in [1.54, 1.807) is 25.3 Å². The number of rotatable bonds is 5. The van der Waals surface area contributed by atoms with Gasteiger partial charge in [0.1, 0.15) is 5.82 Å². The summed E-state index contributed by atoms with van der Waals surface area (Å²) in [5.74, 6) is 0.380. The molecule has 152 valence electrons. The number of aromatic nitrogens is 2. The molecule has 1 aliphatic carbocycles. The maximum Gasteiger partial charge on any atom is 0.162 e. The first-order chi connectivity index (χ1) is 13.9. The van der Waals surface area contributed by atoms with Crippen molar-refractivity contribution >= 4 is 0 Å². The van der Waals surface area contributed by atoms with Gasteiger partial charge in [-0.05, 0) is 48.6 Å². The Labute approximate surface area is 170 Å². The summed E-state index contributed by atoms with van der Waals surface area (Å²) < 4.78 is 20.5.